The first-order valence-corrected chi connectivity index (χ1v) is 8.80. The number of benzene rings is 2. The van der Waals surface area contributed by atoms with Gasteiger partial charge in [0.1, 0.15) is 10.8 Å². The van der Waals surface area contributed by atoms with E-state index in [4.69, 9.17) is 11.6 Å². The Kier molecular flexibility index (Phi) is 5.55. The highest BCUT2D eigenvalue weighted by molar-refractivity contribution is 6.34. The molecule has 0 saturated carbocycles. The Balaban J connectivity index is 1.95. The third-order valence-corrected chi connectivity index (χ3v) is 4.57. The summed E-state index contributed by atoms with van der Waals surface area (Å²) in [4.78, 5) is 20.6. The van der Waals surface area contributed by atoms with Crippen LogP contribution in [0.4, 0.5) is 17.1 Å². The van der Waals surface area contributed by atoms with E-state index in [-0.39, 0.29) is 11.4 Å². The van der Waals surface area contributed by atoms with Crippen LogP contribution in [0, 0.1) is 20.2 Å². The van der Waals surface area contributed by atoms with Crippen molar-refractivity contribution in [3.05, 3.63) is 73.4 Å². The van der Waals surface area contributed by atoms with Gasteiger partial charge in [0.2, 0.25) is 0 Å². The molecule has 3 rings (SSSR count). The van der Waals surface area contributed by atoms with E-state index >= 15 is 0 Å². The molecule has 0 aliphatic carbocycles. The van der Waals surface area contributed by atoms with Crippen LogP contribution < -0.4 is 5.43 Å². The fraction of sp³-hybridized carbons (Fsp3) is 0.167. The van der Waals surface area contributed by atoms with Crippen LogP contribution in [0.5, 0.6) is 0 Å². The quantitative estimate of drug-likeness (QED) is 0.341. The van der Waals surface area contributed by atoms with Crippen LogP contribution >= 0.6 is 11.6 Å². The number of aromatic nitrogens is 1. The lowest BCUT2D eigenvalue weighted by Gasteiger charge is -2.04. The average Bonchev–Trinajstić information content (AvgIpc) is 2.94. The second-order valence-electron chi connectivity index (χ2n) is 5.96. The van der Waals surface area contributed by atoms with E-state index in [1.54, 1.807) is 0 Å². The van der Waals surface area contributed by atoms with E-state index in [9.17, 15) is 20.2 Å². The number of nitrogens with one attached hydrogen (secondary N) is 1. The van der Waals surface area contributed by atoms with Gasteiger partial charge in [-0.1, -0.05) is 36.7 Å². The number of nitro benzene ring substituents is 2. The Morgan fingerprint density at radius 3 is 2.61 bits per heavy atom. The van der Waals surface area contributed by atoms with Gasteiger partial charge in [0, 0.05) is 29.1 Å². The topological polar surface area (TPSA) is 116 Å². The maximum Gasteiger partial charge on any atom is 0.301 e. The molecule has 0 unspecified atom stereocenters. The molecule has 10 heteroatoms. The molecule has 144 valence electrons. The van der Waals surface area contributed by atoms with Crippen LogP contribution in [0.2, 0.25) is 5.15 Å². The van der Waals surface area contributed by atoms with Gasteiger partial charge >= 0.3 is 5.69 Å². The van der Waals surface area contributed by atoms with Crippen LogP contribution in [0.15, 0.2) is 47.6 Å². The molecule has 0 bridgehead atoms. The number of non-ortho nitro benzene ring substituents is 1. The molecular formula is C18H16ClN5O4. The summed E-state index contributed by atoms with van der Waals surface area (Å²) < 4.78 is 1.98. The minimum Gasteiger partial charge on any atom is -0.331 e. The minimum atomic E-state index is -0.703. The SMILES string of the molecule is CCCn1c(Cl)c(C=NNc2ccc([N+](=O)[O-])cc2[N+](=O)[O-])c2ccccc21. The predicted molar refractivity (Wildman–Crippen MR) is 108 cm³/mol. The predicted octanol–water partition coefficient (Wildman–Crippen LogP) is 4.97. The summed E-state index contributed by atoms with van der Waals surface area (Å²) in [6.45, 7) is 2.79. The van der Waals surface area contributed by atoms with Crippen LogP contribution in [0.3, 0.4) is 0 Å². The lowest BCUT2D eigenvalue weighted by Crippen LogP contribution is -1.99. The monoisotopic (exact) mass is 401 g/mol. The molecule has 0 amide bonds. The van der Waals surface area contributed by atoms with Crippen LogP contribution in [0.25, 0.3) is 10.9 Å². The molecule has 9 nitrogen and oxygen atoms in total. The molecular weight excluding hydrogens is 386 g/mol. The number of hydrazone groups is 1. The zero-order valence-electron chi connectivity index (χ0n) is 14.8. The van der Waals surface area contributed by atoms with Gasteiger partial charge in [0.15, 0.2) is 0 Å². The molecule has 0 radical (unpaired) electrons. The summed E-state index contributed by atoms with van der Waals surface area (Å²) in [5.74, 6) is 0. The van der Waals surface area contributed by atoms with Crippen molar-refractivity contribution in [1.82, 2.24) is 4.57 Å². The van der Waals surface area contributed by atoms with Crippen molar-refractivity contribution in [1.29, 1.82) is 0 Å². The highest BCUT2D eigenvalue weighted by Gasteiger charge is 2.19. The maximum absolute atomic E-state index is 11.2. The summed E-state index contributed by atoms with van der Waals surface area (Å²) in [5.41, 5.74) is 3.47. The fourth-order valence-electron chi connectivity index (χ4n) is 2.91. The van der Waals surface area contributed by atoms with E-state index in [0.717, 1.165) is 29.9 Å². The largest absolute Gasteiger partial charge is 0.331 e. The molecule has 3 aromatic rings. The van der Waals surface area contributed by atoms with E-state index in [0.29, 0.717) is 10.7 Å². The molecule has 28 heavy (non-hydrogen) atoms. The molecule has 1 heterocycles. The normalized spacial score (nSPS) is 11.2. The van der Waals surface area contributed by atoms with E-state index in [1.807, 2.05) is 35.8 Å². The lowest BCUT2D eigenvalue weighted by atomic mass is 10.2. The summed E-state index contributed by atoms with van der Waals surface area (Å²) in [6.07, 6.45) is 2.39. The zero-order valence-corrected chi connectivity index (χ0v) is 15.6. The standard InChI is InChI=1S/C18H16ClN5O4/c1-2-9-22-16-6-4-3-5-13(16)14(18(22)19)11-20-21-15-8-7-12(23(25)26)10-17(15)24(27)28/h3-8,10-11,21H,2,9H2,1H3. The number of hydrogen-bond donors (Lipinski definition) is 1. The average molecular weight is 402 g/mol. The number of aryl methyl sites for hydroxylation is 1. The molecule has 0 aliphatic heterocycles. The van der Waals surface area contributed by atoms with Gasteiger partial charge in [-0.25, -0.2) is 0 Å². The van der Waals surface area contributed by atoms with Gasteiger partial charge in [-0.15, -0.1) is 0 Å². The third-order valence-electron chi connectivity index (χ3n) is 4.16. The van der Waals surface area contributed by atoms with Crippen molar-refractivity contribution in [3.8, 4) is 0 Å². The Hall–Kier alpha value is -3.46. The summed E-state index contributed by atoms with van der Waals surface area (Å²) in [7, 11) is 0. The van der Waals surface area contributed by atoms with Crippen LogP contribution in [0.1, 0.15) is 18.9 Å². The van der Waals surface area contributed by atoms with Gasteiger partial charge in [-0.05, 0) is 18.6 Å². The number of hydrogen-bond acceptors (Lipinski definition) is 6. The molecule has 1 N–H and O–H groups in total. The maximum atomic E-state index is 11.2. The number of anilines is 1. The fourth-order valence-corrected chi connectivity index (χ4v) is 3.24. The first-order valence-electron chi connectivity index (χ1n) is 8.42. The number of nitrogens with zero attached hydrogens (tertiary/aromatic N) is 4. The Bertz CT molecular complexity index is 1090. The number of halogens is 1. The number of rotatable bonds is 7. The van der Waals surface area contributed by atoms with Gasteiger partial charge in [0.25, 0.3) is 5.69 Å². The second kappa shape index (κ2) is 8.05. The molecule has 0 fully saturated rings. The summed E-state index contributed by atoms with van der Waals surface area (Å²) in [5, 5.41) is 27.5. The van der Waals surface area contributed by atoms with Crippen LogP contribution in [-0.2, 0) is 6.54 Å². The van der Waals surface area contributed by atoms with Crippen molar-refractivity contribution in [3.63, 3.8) is 0 Å². The first-order chi connectivity index (χ1) is 13.4. The van der Waals surface area contributed by atoms with E-state index < -0.39 is 15.5 Å². The highest BCUT2D eigenvalue weighted by Crippen LogP contribution is 2.31. The van der Waals surface area contributed by atoms with E-state index in [2.05, 4.69) is 10.5 Å². The van der Waals surface area contributed by atoms with Crippen LogP contribution in [-0.4, -0.2) is 20.6 Å². The van der Waals surface area contributed by atoms with Gasteiger partial charge < -0.3 is 4.57 Å². The summed E-state index contributed by atoms with van der Waals surface area (Å²) >= 11 is 6.51. The number of para-hydroxylation sites is 1. The highest BCUT2D eigenvalue weighted by atomic mass is 35.5. The summed E-state index contributed by atoms with van der Waals surface area (Å²) in [6, 6.07) is 11.0. The molecule has 0 saturated heterocycles. The molecule has 2 aromatic carbocycles. The molecule has 1 aromatic heterocycles. The number of fused-ring (bicyclic) bond motifs is 1. The molecule has 0 spiro atoms. The Morgan fingerprint density at radius 1 is 1.18 bits per heavy atom. The van der Waals surface area contributed by atoms with Gasteiger partial charge in [-0.2, -0.15) is 5.10 Å². The Morgan fingerprint density at radius 2 is 1.93 bits per heavy atom. The van der Waals surface area contributed by atoms with Crippen molar-refractivity contribution in [2.45, 2.75) is 19.9 Å². The Labute approximate surface area is 164 Å². The molecule has 0 aliphatic rings. The van der Waals surface area contributed by atoms with Crippen molar-refractivity contribution in [2.75, 3.05) is 5.43 Å². The minimum absolute atomic E-state index is 0.0419. The smallest absolute Gasteiger partial charge is 0.301 e. The molecule has 0 atom stereocenters. The van der Waals surface area contributed by atoms with Crippen molar-refractivity contribution < 1.29 is 9.85 Å². The number of nitro groups is 2. The van der Waals surface area contributed by atoms with Gasteiger partial charge in [0.05, 0.1) is 22.1 Å². The van der Waals surface area contributed by atoms with Gasteiger partial charge in [-0.3, -0.25) is 25.7 Å². The van der Waals surface area contributed by atoms with E-state index in [1.165, 1.54) is 18.3 Å². The zero-order chi connectivity index (χ0) is 20.3. The van der Waals surface area contributed by atoms with Crippen molar-refractivity contribution >= 4 is 45.8 Å². The first kappa shape index (κ1) is 19.3. The lowest BCUT2D eigenvalue weighted by molar-refractivity contribution is -0.393. The van der Waals surface area contributed by atoms with Crippen molar-refractivity contribution in [2.24, 2.45) is 5.10 Å². The third kappa shape index (κ3) is 3.65. The second-order valence-corrected chi connectivity index (χ2v) is 6.32.